The molecule has 31 heavy (non-hydrogen) atoms. The Hall–Kier alpha value is -3.87. The molecule has 0 bridgehead atoms. The minimum absolute atomic E-state index is 0.152. The first-order valence-corrected chi connectivity index (χ1v) is 10.0. The van der Waals surface area contributed by atoms with Gasteiger partial charge in [-0.25, -0.2) is 0 Å². The molecule has 0 unspecified atom stereocenters. The normalized spacial score (nSPS) is 14.2. The molecule has 2 amide bonds. The van der Waals surface area contributed by atoms with Gasteiger partial charge in [-0.2, -0.15) is 0 Å². The van der Waals surface area contributed by atoms with Gasteiger partial charge in [0, 0.05) is 11.1 Å². The van der Waals surface area contributed by atoms with E-state index in [1.165, 1.54) is 11.8 Å². The predicted molar refractivity (Wildman–Crippen MR) is 117 cm³/mol. The summed E-state index contributed by atoms with van der Waals surface area (Å²) >= 11 is 0. The number of ether oxygens (including phenoxy) is 2. The molecular weight excluding hydrogens is 396 g/mol. The SMILES string of the molecule is C[C@@H](OC(=O)CN1C(=O)CCOc2ccccc21)C(=O)Nc1cccc2ccccc12. The van der Waals surface area contributed by atoms with E-state index >= 15 is 0 Å². The smallest absolute Gasteiger partial charge is 0.326 e. The van der Waals surface area contributed by atoms with Crippen LogP contribution < -0.4 is 15.0 Å². The van der Waals surface area contributed by atoms with Gasteiger partial charge in [0.15, 0.2) is 6.10 Å². The largest absolute Gasteiger partial charge is 0.491 e. The van der Waals surface area contributed by atoms with Gasteiger partial charge in [0.1, 0.15) is 12.3 Å². The van der Waals surface area contributed by atoms with Crippen LogP contribution in [0.5, 0.6) is 5.75 Å². The van der Waals surface area contributed by atoms with Gasteiger partial charge in [0.2, 0.25) is 5.91 Å². The average molecular weight is 418 g/mol. The Balaban J connectivity index is 1.42. The minimum atomic E-state index is -1.03. The summed E-state index contributed by atoms with van der Waals surface area (Å²) in [6.07, 6.45) is -0.876. The maximum atomic E-state index is 12.6. The molecule has 0 spiro atoms. The first kappa shape index (κ1) is 20.4. The zero-order chi connectivity index (χ0) is 21.8. The molecule has 0 radical (unpaired) electrons. The van der Waals surface area contributed by atoms with Crippen LogP contribution in [0.2, 0.25) is 0 Å². The van der Waals surface area contributed by atoms with Crippen molar-refractivity contribution in [3.05, 3.63) is 66.7 Å². The number of benzene rings is 3. The molecule has 0 saturated carbocycles. The highest BCUT2D eigenvalue weighted by atomic mass is 16.5. The van der Waals surface area contributed by atoms with Crippen molar-refractivity contribution in [2.75, 3.05) is 23.4 Å². The van der Waals surface area contributed by atoms with Crippen molar-refractivity contribution in [1.29, 1.82) is 0 Å². The van der Waals surface area contributed by atoms with Crippen LogP contribution in [0.3, 0.4) is 0 Å². The van der Waals surface area contributed by atoms with E-state index in [0.29, 0.717) is 17.1 Å². The highest BCUT2D eigenvalue weighted by molar-refractivity contribution is 6.04. The third-order valence-electron chi connectivity index (χ3n) is 5.04. The summed E-state index contributed by atoms with van der Waals surface area (Å²) in [5.74, 6) is -0.834. The van der Waals surface area contributed by atoms with E-state index < -0.39 is 18.0 Å². The number of carbonyl (C=O) groups excluding carboxylic acids is 3. The van der Waals surface area contributed by atoms with Gasteiger partial charge in [-0.05, 0) is 30.5 Å². The summed E-state index contributed by atoms with van der Waals surface area (Å²) in [6.45, 7) is 1.44. The second-order valence-electron chi connectivity index (χ2n) is 7.19. The fourth-order valence-electron chi connectivity index (χ4n) is 3.48. The number of amides is 2. The number of nitrogens with zero attached hydrogens (tertiary/aromatic N) is 1. The molecule has 1 atom stereocenters. The first-order valence-electron chi connectivity index (χ1n) is 10.0. The quantitative estimate of drug-likeness (QED) is 0.641. The van der Waals surface area contributed by atoms with Gasteiger partial charge in [-0.1, -0.05) is 48.5 Å². The lowest BCUT2D eigenvalue weighted by Crippen LogP contribution is -2.39. The molecule has 7 heteroatoms. The van der Waals surface area contributed by atoms with Crippen LogP contribution in [0, 0.1) is 0 Å². The van der Waals surface area contributed by atoms with Crippen LogP contribution in [0.15, 0.2) is 66.7 Å². The molecule has 1 N–H and O–H groups in total. The second kappa shape index (κ2) is 8.87. The zero-order valence-electron chi connectivity index (χ0n) is 17.0. The third-order valence-corrected chi connectivity index (χ3v) is 5.04. The Bertz CT molecular complexity index is 1140. The Morgan fingerprint density at radius 3 is 2.68 bits per heavy atom. The number of hydrogen-bond donors (Lipinski definition) is 1. The maximum absolute atomic E-state index is 12.6. The fraction of sp³-hybridized carbons (Fsp3) is 0.208. The van der Waals surface area contributed by atoms with Crippen LogP contribution in [-0.2, 0) is 19.1 Å². The fourth-order valence-corrected chi connectivity index (χ4v) is 3.48. The molecule has 0 aliphatic carbocycles. The van der Waals surface area contributed by atoms with Crippen LogP contribution >= 0.6 is 0 Å². The van der Waals surface area contributed by atoms with Gasteiger partial charge in [0.25, 0.3) is 5.91 Å². The van der Waals surface area contributed by atoms with Crippen LogP contribution in [0.1, 0.15) is 13.3 Å². The van der Waals surface area contributed by atoms with E-state index in [9.17, 15) is 14.4 Å². The molecule has 1 aliphatic heterocycles. The molecule has 1 aliphatic rings. The average Bonchev–Trinajstić information content (AvgIpc) is 2.93. The second-order valence-corrected chi connectivity index (χ2v) is 7.19. The van der Waals surface area contributed by atoms with E-state index in [-0.39, 0.29) is 25.5 Å². The van der Waals surface area contributed by atoms with Crippen molar-refractivity contribution >= 4 is 39.9 Å². The predicted octanol–water partition coefficient (Wildman–Crippen LogP) is 3.53. The summed E-state index contributed by atoms with van der Waals surface area (Å²) in [5, 5.41) is 4.69. The molecule has 158 valence electrons. The highest BCUT2D eigenvalue weighted by Crippen LogP contribution is 2.31. The summed E-state index contributed by atoms with van der Waals surface area (Å²) in [6, 6.07) is 20.3. The zero-order valence-corrected chi connectivity index (χ0v) is 17.0. The summed E-state index contributed by atoms with van der Waals surface area (Å²) in [4.78, 5) is 38.9. The van der Waals surface area contributed by atoms with Gasteiger partial charge in [0.05, 0.1) is 18.7 Å². The molecule has 3 aromatic carbocycles. The third kappa shape index (κ3) is 4.50. The number of fused-ring (bicyclic) bond motifs is 2. The van der Waals surface area contributed by atoms with Crippen molar-refractivity contribution in [1.82, 2.24) is 0 Å². The lowest BCUT2D eigenvalue weighted by atomic mass is 10.1. The molecule has 3 aromatic rings. The number of para-hydroxylation sites is 2. The van der Waals surface area contributed by atoms with Crippen LogP contribution in [-0.4, -0.2) is 37.0 Å². The molecule has 1 heterocycles. The summed E-state index contributed by atoms with van der Waals surface area (Å²) in [5.41, 5.74) is 1.15. The van der Waals surface area contributed by atoms with E-state index in [0.717, 1.165) is 10.8 Å². The van der Waals surface area contributed by atoms with Crippen LogP contribution in [0.4, 0.5) is 11.4 Å². The van der Waals surface area contributed by atoms with Gasteiger partial charge >= 0.3 is 5.97 Å². The topological polar surface area (TPSA) is 84.9 Å². The molecule has 7 nitrogen and oxygen atoms in total. The van der Waals surface area contributed by atoms with E-state index in [1.807, 2.05) is 36.4 Å². The Morgan fingerprint density at radius 1 is 1.06 bits per heavy atom. The van der Waals surface area contributed by atoms with E-state index in [1.54, 1.807) is 30.3 Å². The van der Waals surface area contributed by atoms with Crippen molar-refractivity contribution in [2.45, 2.75) is 19.4 Å². The first-order chi connectivity index (χ1) is 15.0. The lowest BCUT2D eigenvalue weighted by molar-refractivity contribution is -0.152. The number of nitrogens with one attached hydrogen (secondary N) is 1. The van der Waals surface area contributed by atoms with Gasteiger partial charge in [-0.15, -0.1) is 0 Å². The Kier molecular flexibility index (Phi) is 5.84. The van der Waals surface area contributed by atoms with Crippen molar-refractivity contribution in [3.63, 3.8) is 0 Å². The number of esters is 1. The highest BCUT2D eigenvalue weighted by Gasteiger charge is 2.27. The lowest BCUT2D eigenvalue weighted by Gasteiger charge is -2.22. The number of carbonyl (C=O) groups is 3. The van der Waals surface area contributed by atoms with Crippen molar-refractivity contribution in [3.8, 4) is 5.75 Å². The molecule has 0 aromatic heterocycles. The van der Waals surface area contributed by atoms with E-state index in [2.05, 4.69) is 5.32 Å². The Morgan fingerprint density at radius 2 is 1.81 bits per heavy atom. The summed E-state index contributed by atoms with van der Waals surface area (Å²) in [7, 11) is 0. The summed E-state index contributed by atoms with van der Waals surface area (Å²) < 4.78 is 10.9. The number of rotatable bonds is 5. The van der Waals surface area contributed by atoms with Crippen molar-refractivity contribution < 1.29 is 23.9 Å². The maximum Gasteiger partial charge on any atom is 0.326 e. The standard InChI is InChI=1S/C24H22N2O5/c1-16(24(29)25-19-10-6-8-17-7-2-3-9-18(17)19)31-23(28)15-26-20-11-4-5-12-21(20)30-14-13-22(26)27/h2-12,16H,13-15H2,1H3,(H,25,29)/t16-/m1/s1. The minimum Gasteiger partial charge on any atom is -0.491 e. The van der Waals surface area contributed by atoms with Crippen LogP contribution in [0.25, 0.3) is 10.8 Å². The molecule has 4 rings (SSSR count). The molecular formula is C24H22N2O5. The molecule has 0 saturated heterocycles. The molecule has 0 fully saturated rings. The monoisotopic (exact) mass is 418 g/mol. The Labute approximate surface area is 179 Å². The van der Waals surface area contributed by atoms with Gasteiger partial charge < -0.3 is 14.8 Å². The number of hydrogen-bond acceptors (Lipinski definition) is 5. The van der Waals surface area contributed by atoms with E-state index in [4.69, 9.17) is 9.47 Å². The van der Waals surface area contributed by atoms with Crippen molar-refractivity contribution in [2.24, 2.45) is 0 Å². The number of anilines is 2. The van der Waals surface area contributed by atoms with Gasteiger partial charge in [-0.3, -0.25) is 19.3 Å².